The topological polar surface area (TPSA) is 119 Å². The highest BCUT2D eigenvalue weighted by atomic mass is 79.9. The molecule has 4 rings (SSSR count). The Labute approximate surface area is 212 Å². The molecule has 1 N–H and O–H groups in total. The Hall–Kier alpha value is -4.02. The van der Waals surface area contributed by atoms with Gasteiger partial charge in [0.1, 0.15) is 17.9 Å². The fraction of sp³-hybridized carbons (Fsp3) is 0.0417. The molecule has 0 unspecified atom stereocenters. The molecule has 0 radical (unpaired) electrons. The van der Waals surface area contributed by atoms with E-state index < -0.39 is 22.8 Å². The van der Waals surface area contributed by atoms with E-state index in [1.165, 1.54) is 30.3 Å². The lowest BCUT2D eigenvalue weighted by atomic mass is 10.1. The van der Waals surface area contributed by atoms with E-state index in [1.807, 2.05) is 0 Å². The van der Waals surface area contributed by atoms with E-state index in [1.54, 1.807) is 42.5 Å². The molecule has 3 aromatic carbocycles. The molecule has 0 spiro atoms. The number of benzene rings is 3. The van der Waals surface area contributed by atoms with E-state index in [0.717, 1.165) is 4.90 Å². The monoisotopic (exact) mass is 555 g/mol. The van der Waals surface area contributed by atoms with Crippen molar-refractivity contribution >= 4 is 62.8 Å². The summed E-state index contributed by atoms with van der Waals surface area (Å²) in [6.45, 7) is 0.0956. The van der Waals surface area contributed by atoms with Gasteiger partial charge >= 0.3 is 6.03 Å². The third-order valence-electron chi connectivity index (χ3n) is 4.95. The molecule has 3 aromatic rings. The number of nitro benzene ring substituents is 1. The van der Waals surface area contributed by atoms with Gasteiger partial charge in [-0.1, -0.05) is 35.9 Å². The van der Waals surface area contributed by atoms with Crippen molar-refractivity contribution in [1.82, 2.24) is 5.32 Å². The number of rotatable bonds is 6. The molecule has 1 saturated heterocycles. The number of non-ortho nitro benzene ring substituents is 1. The second kappa shape index (κ2) is 10.1. The Morgan fingerprint density at radius 3 is 2.54 bits per heavy atom. The molecular formula is C24H15BrClN3O6. The van der Waals surface area contributed by atoms with Gasteiger partial charge in [-0.25, -0.2) is 9.69 Å². The molecule has 1 heterocycles. The van der Waals surface area contributed by atoms with Gasteiger partial charge in [-0.05, 0) is 63.5 Å². The van der Waals surface area contributed by atoms with E-state index in [0.29, 0.717) is 26.4 Å². The van der Waals surface area contributed by atoms with Crippen molar-refractivity contribution in [3.63, 3.8) is 0 Å². The number of nitro groups is 1. The number of carbonyl (C=O) groups is 3. The largest absolute Gasteiger partial charge is 0.488 e. The molecule has 35 heavy (non-hydrogen) atoms. The molecule has 0 bridgehead atoms. The molecule has 11 heteroatoms. The fourth-order valence-electron chi connectivity index (χ4n) is 3.32. The highest BCUT2D eigenvalue weighted by Gasteiger charge is 2.36. The molecule has 9 nitrogen and oxygen atoms in total. The second-order valence-electron chi connectivity index (χ2n) is 7.34. The number of barbiturate groups is 1. The zero-order chi connectivity index (χ0) is 25.1. The Bertz CT molecular complexity index is 1410. The van der Waals surface area contributed by atoms with Crippen LogP contribution in [-0.2, 0) is 16.2 Å². The summed E-state index contributed by atoms with van der Waals surface area (Å²) in [5, 5.41) is 13.4. The normalized spacial score (nSPS) is 14.7. The molecule has 0 aromatic heterocycles. The van der Waals surface area contributed by atoms with Crippen molar-refractivity contribution in [1.29, 1.82) is 0 Å². The van der Waals surface area contributed by atoms with Gasteiger partial charge in [-0.2, -0.15) is 0 Å². The van der Waals surface area contributed by atoms with E-state index >= 15 is 0 Å². The highest BCUT2D eigenvalue weighted by molar-refractivity contribution is 9.10. The first-order valence-electron chi connectivity index (χ1n) is 10.1. The van der Waals surface area contributed by atoms with Gasteiger partial charge in [0.15, 0.2) is 0 Å². The van der Waals surface area contributed by atoms with Gasteiger partial charge in [0.25, 0.3) is 17.5 Å². The first kappa shape index (κ1) is 24.1. The molecule has 176 valence electrons. The van der Waals surface area contributed by atoms with Crippen molar-refractivity contribution < 1.29 is 24.0 Å². The summed E-state index contributed by atoms with van der Waals surface area (Å²) in [6, 6.07) is 16.3. The number of ether oxygens (including phenoxy) is 1. The van der Waals surface area contributed by atoms with Crippen molar-refractivity contribution in [2.24, 2.45) is 0 Å². The number of nitrogens with zero attached hydrogens (tertiary/aromatic N) is 2. The molecule has 1 aliphatic heterocycles. The average molecular weight is 557 g/mol. The van der Waals surface area contributed by atoms with Crippen LogP contribution in [0.25, 0.3) is 6.08 Å². The predicted molar refractivity (Wildman–Crippen MR) is 132 cm³/mol. The summed E-state index contributed by atoms with van der Waals surface area (Å²) in [5.74, 6) is -1.16. The Morgan fingerprint density at radius 2 is 1.83 bits per heavy atom. The van der Waals surface area contributed by atoms with Crippen LogP contribution in [0.1, 0.15) is 11.1 Å². The zero-order valence-electron chi connectivity index (χ0n) is 17.7. The molecule has 1 aliphatic rings. The number of urea groups is 1. The number of anilines is 1. The van der Waals surface area contributed by atoms with Crippen LogP contribution in [0.5, 0.6) is 5.75 Å². The zero-order valence-corrected chi connectivity index (χ0v) is 20.1. The van der Waals surface area contributed by atoms with E-state index in [9.17, 15) is 24.5 Å². The van der Waals surface area contributed by atoms with Crippen LogP contribution in [0.3, 0.4) is 0 Å². The van der Waals surface area contributed by atoms with Crippen LogP contribution in [-0.4, -0.2) is 22.8 Å². The van der Waals surface area contributed by atoms with Crippen molar-refractivity contribution in [3.05, 3.63) is 103 Å². The van der Waals surface area contributed by atoms with E-state index in [2.05, 4.69) is 21.2 Å². The van der Waals surface area contributed by atoms with Crippen LogP contribution >= 0.6 is 27.5 Å². The SMILES string of the molecule is O=C1NC(=O)N(c2cccc(Cl)c2)C(=O)/C1=C/c1ccc(OCc2cccc([N+](=O)[O-])c2)c(Br)c1. The third kappa shape index (κ3) is 5.39. The maximum Gasteiger partial charge on any atom is 0.335 e. The Morgan fingerprint density at radius 1 is 1.06 bits per heavy atom. The lowest BCUT2D eigenvalue weighted by molar-refractivity contribution is -0.384. The third-order valence-corrected chi connectivity index (χ3v) is 5.81. The smallest absolute Gasteiger partial charge is 0.335 e. The van der Waals surface area contributed by atoms with Gasteiger partial charge in [-0.15, -0.1) is 0 Å². The Kier molecular flexibility index (Phi) is 6.94. The average Bonchev–Trinajstić information content (AvgIpc) is 2.81. The van der Waals surface area contributed by atoms with Gasteiger partial charge in [-0.3, -0.25) is 25.0 Å². The van der Waals surface area contributed by atoms with Gasteiger partial charge < -0.3 is 4.74 Å². The van der Waals surface area contributed by atoms with Crippen molar-refractivity contribution in [2.75, 3.05) is 4.90 Å². The lowest BCUT2D eigenvalue weighted by Gasteiger charge is -2.26. The van der Waals surface area contributed by atoms with Crippen LogP contribution in [0.2, 0.25) is 5.02 Å². The summed E-state index contributed by atoms with van der Waals surface area (Å²) in [7, 11) is 0. The van der Waals surface area contributed by atoms with Crippen LogP contribution in [0, 0.1) is 10.1 Å². The number of amides is 4. The van der Waals surface area contributed by atoms with Gasteiger partial charge in [0.05, 0.1) is 15.1 Å². The standard InChI is InChI=1S/C24H15BrClN3O6/c25-20-11-14(7-8-21(20)35-13-15-3-1-6-18(9-15)29(33)34)10-19-22(30)27-24(32)28(23(19)31)17-5-2-4-16(26)12-17/h1-12H,13H2,(H,27,30,32)/b19-10+. The first-order valence-corrected chi connectivity index (χ1v) is 11.2. The van der Waals surface area contributed by atoms with Crippen molar-refractivity contribution in [3.8, 4) is 5.75 Å². The summed E-state index contributed by atoms with van der Waals surface area (Å²) in [6.07, 6.45) is 1.36. The molecule has 4 amide bonds. The minimum absolute atomic E-state index is 0.0344. The molecule has 1 fully saturated rings. The Balaban J connectivity index is 1.55. The first-order chi connectivity index (χ1) is 16.7. The van der Waals surface area contributed by atoms with Gasteiger partial charge in [0, 0.05) is 17.2 Å². The van der Waals surface area contributed by atoms with Gasteiger partial charge in [0.2, 0.25) is 0 Å². The van der Waals surface area contributed by atoms with Crippen molar-refractivity contribution in [2.45, 2.75) is 6.61 Å². The second-order valence-corrected chi connectivity index (χ2v) is 8.63. The molecular weight excluding hydrogens is 542 g/mol. The fourth-order valence-corrected chi connectivity index (χ4v) is 4.01. The minimum atomic E-state index is -0.870. The van der Waals surface area contributed by atoms with Crippen LogP contribution in [0.15, 0.2) is 76.8 Å². The maximum absolute atomic E-state index is 13.0. The molecule has 0 atom stereocenters. The van der Waals surface area contributed by atoms with Crippen LogP contribution in [0.4, 0.5) is 16.2 Å². The summed E-state index contributed by atoms with van der Waals surface area (Å²) in [4.78, 5) is 49.0. The van der Waals surface area contributed by atoms with E-state index in [-0.39, 0.29) is 23.6 Å². The quantitative estimate of drug-likeness (QED) is 0.192. The number of carbonyl (C=O) groups excluding carboxylic acids is 3. The molecule has 0 saturated carbocycles. The lowest BCUT2D eigenvalue weighted by Crippen LogP contribution is -2.54. The number of hydrogen-bond donors (Lipinski definition) is 1. The highest BCUT2D eigenvalue weighted by Crippen LogP contribution is 2.29. The summed E-state index contributed by atoms with van der Waals surface area (Å²) >= 11 is 9.37. The number of hydrogen-bond acceptors (Lipinski definition) is 6. The van der Waals surface area contributed by atoms with E-state index in [4.69, 9.17) is 16.3 Å². The predicted octanol–water partition coefficient (Wildman–Crippen LogP) is 5.26. The minimum Gasteiger partial charge on any atom is -0.488 e. The number of imide groups is 2. The maximum atomic E-state index is 13.0. The number of nitrogens with one attached hydrogen (secondary N) is 1. The number of halogens is 2. The summed E-state index contributed by atoms with van der Waals surface area (Å²) < 4.78 is 6.27. The molecule has 0 aliphatic carbocycles. The summed E-state index contributed by atoms with van der Waals surface area (Å²) in [5.41, 5.74) is 1.07. The van der Waals surface area contributed by atoms with Crippen LogP contribution < -0.4 is 15.0 Å².